The van der Waals surface area contributed by atoms with Crippen molar-refractivity contribution in [3.8, 4) is 0 Å². The summed E-state index contributed by atoms with van der Waals surface area (Å²) in [5, 5.41) is 0. The number of carbonyl (C=O) groups excluding carboxylic acids is 1. The van der Waals surface area contributed by atoms with Crippen LogP contribution in [0.5, 0.6) is 0 Å². The number of ether oxygens (including phenoxy) is 1. The van der Waals surface area contributed by atoms with E-state index in [9.17, 15) is 26.4 Å². The minimum absolute atomic E-state index is 0.201. The molecule has 1 N–H and O–H groups in total. The van der Waals surface area contributed by atoms with Crippen molar-refractivity contribution in [1.82, 2.24) is 9.62 Å². The van der Waals surface area contributed by atoms with E-state index in [2.05, 4.69) is 4.72 Å². The topological polar surface area (TPSA) is 75.7 Å². The summed E-state index contributed by atoms with van der Waals surface area (Å²) in [6.07, 6.45) is -3.27. The van der Waals surface area contributed by atoms with E-state index in [0.29, 0.717) is 32.4 Å². The van der Waals surface area contributed by atoms with Crippen LogP contribution in [0.3, 0.4) is 0 Å². The van der Waals surface area contributed by atoms with Gasteiger partial charge in [0.05, 0.1) is 6.61 Å². The first-order chi connectivity index (χ1) is 10.5. The molecule has 1 unspecified atom stereocenters. The quantitative estimate of drug-likeness (QED) is 0.802. The van der Waals surface area contributed by atoms with Crippen LogP contribution >= 0.6 is 0 Å². The third kappa shape index (κ3) is 3.34. The molecule has 0 aromatic carbocycles. The van der Waals surface area contributed by atoms with Crippen molar-refractivity contribution >= 4 is 15.9 Å². The van der Waals surface area contributed by atoms with Gasteiger partial charge in [0.1, 0.15) is 6.10 Å². The zero-order chi connectivity index (χ0) is 17.0. The van der Waals surface area contributed by atoms with Crippen molar-refractivity contribution in [2.75, 3.05) is 18.9 Å². The van der Waals surface area contributed by atoms with E-state index in [1.165, 1.54) is 0 Å². The van der Waals surface area contributed by atoms with Gasteiger partial charge >= 0.3 is 6.18 Å². The average Bonchev–Trinajstić information content (AvgIpc) is 3.02. The van der Waals surface area contributed by atoms with Crippen LogP contribution in [0.15, 0.2) is 0 Å². The van der Waals surface area contributed by atoms with E-state index in [1.807, 2.05) is 0 Å². The molecule has 3 fully saturated rings. The Labute approximate surface area is 132 Å². The van der Waals surface area contributed by atoms with Crippen molar-refractivity contribution in [1.29, 1.82) is 0 Å². The molecule has 1 spiro atoms. The molecule has 2 heterocycles. The van der Waals surface area contributed by atoms with E-state index < -0.39 is 45.6 Å². The number of rotatable bonds is 4. The first kappa shape index (κ1) is 17.0. The predicted molar refractivity (Wildman–Crippen MR) is 74.0 cm³/mol. The highest BCUT2D eigenvalue weighted by Gasteiger charge is 2.61. The molecule has 1 aliphatic carbocycles. The molecule has 0 bridgehead atoms. The number of alkyl halides is 3. The fraction of sp³-hybridized carbons (Fsp3) is 0.923. The summed E-state index contributed by atoms with van der Waals surface area (Å²) in [4.78, 5) is 13.9. The molecule has 3 atom stereocenters. The van der Waals surface area contributed by atoms with Gasteiger partial charge in [-0.25, -0.2) is 13.1 Å². The van der Waals surface area contributed by atoms with Crippen LogP contribution in [0.4, 0.5) is 13.2 Å². The number of nitrogens with zero attached hydrogens (tertiary/aromatic N) is 1. The monoisotopic (exact) mass is 356 g/mol. The average molecular weight is 356 g/mol. The van der Waals surface area contributed by atoms with Gasteiger partial charge < -0.3 is 9.64 Å². The third-order valence-corrected chi connectivity index (χ3v) is 6.25. The fourth-order valence-corrected chi connectivity index (χ4v) is 4.82. The smallest absolute Gasteiger partial charge is 0.368 e. The summed E-state index contributed by atoms with van der Waals surface area (Å²) >= 11 is 0. The lowest BCUT2D eigenvalue weighted by molar-refractivity contribution is -0.157. The van der Waals surface area contributed by atoms with Crippen LogP contribution in [0.1, 0.15) is 26.2 Å². The standard InChI is InChI=1S/C13H19F3N2O4S/c1-8-10(17-23(20,21)7-13(14,15)16)12(3-4-12)6-18(8)11(19)9-2-5-22-9/h8-10,17H,2-7H2,1H3/t8-,9?,10+/m0/s1. The summed E-state index contributed by atoms with van der Waals surface area (Å²) in [6, 6.07) is -1.17. The Kier molecular flexibility index (Phi) is 3.92. The molecular weight excluding hydrogens is 337 g/mol. The first-order valence-corrected chi connectivity index (χ1v) is 9.17. The lowest BCUT2D eigenvalue weighted by atomic mass is 9.98. The zero-order valence-electron chi connectivity index (χ0n) is 12.6. The molecule has 1 amide bonds. The van der Waals surface area contributed by atoms with E-state index in [1.54, 1.807) is 11.8 Å². The number of amides is 1. The second-order valence-electron chi connectivity index (χ2n) is 6.69. The summed E-state index contributed by atoms with van der Waals surface area (Å²) < 4.78 is 68.1. The van der Waals surface area contributed by atoms with Gasteiger partial charge in [-0.3, -0.25) is 4.79 Å². The summed E-state index contributed by atoms with van der Waals surface area (Å²) in [7, 11) is -4.49. The summed E-state index contributed by atoms with van der Waals surface area (Å²) in [5.74, 6) is -2.11. The van der Waals surface area contributed by atoms with Crippen LogP contribution in [0, 0.1) is 5.41 Å². The molecule has 2 aliphatic heterocycles. The number of halogens is 3. The Hall–Kier alpha value is -0.870. The highest BCUT2D eigenvalue weighted by Crippen LogP contribution is 2.55. The van der Waals surface area contributed by atoms with Crippen LogP contribution in [-0.2, 0) is 19.6 Å². The van der Waals surface area contributed by atoms with Crippen molar-refractivity contribution < 1.29 is 31.1 Å². The molecule has 3 rings (SSSR count). The Morgan fingerprint density at radius 2 is 2.00 bits per heavy atom. The Morgan fingerprint density at radius 1 is 1.39 bits per heavy atom. The first-order valence-electron chi connectivity index (χ1n) is 7.52. The van der Waals surface area contributed by atoms with Gasteiger partial charge in [-0.1, -0.05) is 0 Å². The van der Waals surface area contributed by atoms with Gasteiger partial charge in [0.25, 0.3) is 5.91 Å². The molecular formula is C13H19F3N2O4S. The van der Waals surface area contributed by atoms with Gasteiger partial charge in [0.15, 0.2) is 5.75 Å². The minimum Gasteiger partial charge on any atom is -0.368 e. The van der Waals surface area contributed by atoms with Gasteiger partial charge in [0.2, 0.25) is 10.0 Å². The fourth-order valence-electron chi connectivity index (χ4n) is 3.47. The molecule has 6 nitrogen and oxygen atoms in total. The van der Waals surface area contributed by atoms with E-state index in [-0.39, 0.29) is 5.91 Å². The van der Waals surface area contributed by atoms with Crippen LogP contribution < -0.4 is 4.72 Å². The van der Waals surface area contributed by atoms with E-state index in [0.717, 1.165) is 0 Å². The molecule has 0 radical (unpaired) electrons. The molecule has 132 valence electrons. The van der Waals surface area contributed by atoms with Gasteiger partial charge in [-0.05, 0) is 19.8 Å². The second-order valence-corrected chi connectivity index (χ2v) is 8.44. The van der Waals surface area contributed by atoms with Crippen molar-refractivity contribution in [3.05, 3.63) is 0 Å². The van der Waals surface area contributed by atoms with Crippen LogP contribution in [-0.4, -0.2) is 62.5 Å². The molecule has 0 aromatic heterocycles. The van der Waals surface area contributed by atoms with Gasteiger partial charge in [-0.2, -0.15) is 13.2 Å². The molecule has 10 heteroatoms. The van der Waals surface area contributed by atoms with E-state index >= 15 is 0 Å². The van der Waals surface area contributed by atoms with Crippen molar-refractivity contribution in [3.63, 3.8) is 0 Å². The number of carbonyl (C=O) groups is 1. The largest absolute Gasteiger partial charge is 0.404 e. The normalized spacial score (nSPS) is 32.9. The zero-order valence-corrected chi connectivity index (χ0v) is 13.4. The number of nitrogens with one attached hydrogen (secondary N) is 1. The number of sulfonamides is 1. The molecule has 23 heavy (non-hydrogen) atoms. The predicted octanol–water partition coefficient (Wildman–Crippen LogP) is 0.636. The third-order valence-electron chi connectivity index (χ3n) is 4.93. The van der Waals surface area contributed by atoms with Gasteiger partial charge in [-0.15, -0.1) is 0 Å². The maximum absolute atomic E-state index is 12.4. The minimum atomic E-state index is -4.79. The van der Waals surface area contributed by atoms with Crippen LogP contribution in [0.25, 0.3) is 0 Å². The molecule has 3 aliphatic rings. The number of hydrogen-bond donors (Lipinski definition) is 1. The SMILES string of the molecule is C[C@H]1[C@@H](NS(=O)(=O)CC(F)(F)F)C2(CC2)CN1C(=O)C1CCO1. The van der Waals surface area contributed by atoms with Crippen molar-refractivity contribution in [2.24, 2.45) is 5.41 Å². The Balaban J connectivity index is 1.73. The summed E-state index contributed by atoms with van der Waals surface area (Å²) in [6.45, 7) is 2.56. The lowest BCUT2D eigenvalue weighted by Gasteiger charge is -2.32. The van der Waals surface area contributed by atoms with Crippen molar-refractivity contribution in [2.45, 2.75) is 50.6 Å². The van der Waals surface area contributed by atoms with E-state index in [4.69, 9.17) is 4.74 Å². The Bertz CT molecular complexity index is 599. The number of likely N-dealkylation sites (tertiary alicyclic amines) is 1. The van der Waals surface area contributed by atoms with Gasteiger partial charge in [0, 0.05) is 30.5 Å². The molecule has 0 aromatic rings. The van der Waals surface area contributed by atoms with Crippen LogP contribution in [0.2, 0.25) is 0 Å². The highest BCUT2D eigenvalue weighted by atomic mass is 32.2. The molecule has 1 saturated carbocycles. The number of hydrogen-bond acceptors (Lipinski definition) is 4. The Morgan fingerprint density at radius 3 is 2.43 bits per heavy atom. The lowest BCUT2D eigenvalue weighted by Crippen LogP contribution is -2.51. The second kappa shape index (κ2) is 5.32. The maximum Gasteiger partial charge on any atom is 0.404 e. The maximum atomic E-state index is 12.4. The summed E-state index contributed by atoms with van der Waals surface area (Å²) in [5.41, 5.74) is -0.433. The highest BCUT2D eigenvalue weighted by molar-refractivity contribution is 7.89. The molecule has 2 saturated heterocycles.